The van der Waals surface area contributed by atoms with Crippen molar-refractivity contribution in [1.82, 2.24) is 15.0 Å². The van der Waals surface area contributed by atoms with E-state index >= 15 is 0 Å². The van der Waals surface area contributed by atoms with E-state index in [2.05, 4.69) is 46.8 Å². The Hall–Kier alpha value is -1.69. The van der Waals surface area contributed by atoms with Crippen LogP contribution in [0.25, 0.3) is 11.4 Å². The summed E-state index contributed by atoms with van der Waals surface area (Å²) in [6, 6.07) is 7.68. The lowest BCUT2D eigenvalue weighted by atomic mass is 9.90. The highest BCUT2D eigenvalue weighted by Gasteiger charge is 2.33. The molecule has 5 nitrogen and oxygen atoms in total. The van der Waals surface area contributed by atoms with Gasteiger partial charge in [0.2, 0.25) is 17.6 Å². The molecule has 6 heteroatoms. The highest BCUT2D eigenvalue weighted by Crippen LogP contribution is 2.33. The number of piperidine rings is 1. The molecular weight excluding hydrogens is 382 g/mol. The zero-order chi connectivity index (χ0) is 18.0. The van der Waals surface area contributed by atoms with Crippen LogP contribution in [0, 0.1) is 5.41 Å². The first-order valence-electron chi connectivity index (χ1n) is 8.72. The van der Waals surface area contributed by atoms with Gasteiger partial charge in [-0.05, 0) is 48.9 Å². The molecule has 134 valence electrons. The van der Waals surface area contributed by atoms with Gasteiger partial charge in [0.25, 0.3) is 0 Å². The van der Waals surface area contributed by atoms with Crippen molar-refractivity contribution in [3.8, 4) is 11.4 Å². The minimum atomic E-state index is -0.111. The normalized spacial score (nSPS) is 18.4. The number of hydrogen-bond acceptors (Lipinski definition) is 4. The quantitative estimate of drug-likeness (QED) is 0.721. The number of benzene rings is 1. The summed E-state index contributed by atoms with van der Waals surface area (Å²) in [7, 11) is 0. The molecule has 0 spiro atoms. The number of rotatable bonds is 3. The molecule has 1 saturated heterocycles. The predicted octanol–water partition coefficient (Wildman–Crippen LogP) is 4.99. The summed E-state index contributed by atoms with van der Waals surface area (Å²) in [5.41, 5.74) is 0.873. The molecule has 1 aliphatic heterocycles. The Bertz CT molecular complexity index is 734. The summed E-state index contributed by atoms with van der Waals surface area (Å²) in [4.78, 5) is 19.2. The van der Waals surface area contributed by atoms with E-state index < -0.39 is 0 Å². The van der Waals surface area contributed by atoms with Gasteiger partial charge in [-0.25, -0.2) is 0 Å². The van der Waals surface area contributed by atoms with E-state index in [4.69, 9.17) is 4.52 Å². The summed E-state index contributed by atoms with van der Waals surface area (Å²) in [6.07, 6.45) is 3.50. The van der Waals surface area contributed by atoms with Crippen LogP contribution < -0.4 is 0 Å². The molecule has 0 saturated carbocycles. The lowest BCUT2D eigenvalue weighted by Crippen LogP contribution is -2.40. The van der Waals surface area contributed by atoms with E-state index in [0.29, 0.717) is 18.1 Å². The molecule has 25 heavy (non-hydrogen) atoms. The molecule has 2 heterocycles. The van der Waals surface area contributed by atoms with Gasteiger partial charge in [0, 0.05) is 23.0 Å². The van der Waals surface area contributed by atoms with Crippen LogP contribution in [0.5, 0.6) is 0 Å². The van der Waals surface area contributed by atoms with E-state index in [1.54, 1.807) is 0 Å². The fourth-order valence-electron chi connectivity index (χ4n) is 3.13. The van der Waals surface area contributed by atoms with Crippen LogP contribution in [0.15, 0.2) is 33.3 Å². The number of carbonyl (C=O) groups excluding carboxylic acids is 1. The minimum absolute atomic E-state index is 0.0312. The lowest BCUT2D eigenvalue weighted by Gasteiger charge is -2.35. The van der Waals surface area contributed by atoms with Crippen LogP contribution in [0.4, 0.5) is 0 Å². The van der Waals surface area contributed by atoms with Crippen LogP contribution in [0.2, 0.25) is 0 Å². The average Bonchev–Trinajstić information content (AvgIpc) is 3.04. The fraction of sp³-hybridized carbons (Fsp3) is 0.526. The Morgan fingerprint density at radius 1 is 1.28 bits per heavy atom. The smallest absolute Gasteiger partial charge is 0.249 e. The number of amides is 1. The molecule has 1 aromatic carbocycles. The Morgan fingerprint density at radius 2 is 2.00 bits per heavy atom. The third kappa shape index (κ3) is 4.48. The van der Waals surface area contributed by atoms with Gasteiger partial charge in [-0.3, -0.25) is 4.79 Å². The van der Waals surface area contributed by atoms with E-state index in [1.165, 1.54) is 0 Å². The van der Waals surface area contributed by atoms with Gasteiger partial charge in [-0.2, -0.15) is 4.98 Å². The van der Waals surface area contributed by atoms with Crippen molar-refractivity contribution < 1.29 is 9.32 Å². The van der Waals surface area contributed by atoms with Crippen LogP contribution >= 0.6 is 15.9 Å². The molecule has 1 amide bonds. The maximum absolute atomic E-state index is 12.7. The highest BCUT2D eigenvalue weighted by molar-refractivity contribution is 9.10. The SMILES string of the molecule is CC(C)(C)CC(=O)N1CCCC[C@H]1c1nc(-c2ccc(Br)cc2)no1. The second kappa shape index (κ2) is 7.28. The molecule has 0 N–H and O–H groups in total. The van der Waals surface area contributed by atoms with Crippen molar-refractivity contribution in [3.05, 3.63) is 34.6 Å². The molecule has 2 aromatic rings. The second-order valence-electron chi connectivity index (χ2n) is 7.80. The number of halogens is 1. The molecule has 1 fully saturated rings. The lowest BCUT2D eigenvalue weighted by molar-refractivity contribution is -0.137. The molecule has 0 bridgehead atoms. The number of aromatic nitrogens is 2. The first-order chi connectivity index (χ1) is 11.8. The molecule has 1 aromatic heterocycles. The minimum Gasteiger partial charge on any atom is -0.337 e. The Balaban J connectivity index is 1.81. The van der Waals surface area contributed by atoms with E-state index in [-0.39, 0.29) is 17.4 Å². The molecule has 0 radical (unpaired) electrons. The maximum Gasteiger partial charge on any atom is 0.249 e. The molecule has 0 aliphatic carbocycles. The number of nitrogens with zero attached hydrogens (tertiary/aromatic N) is 3. The Morgan fingerprint density at radius 3 is 2.68 bits per heavy atom. The van der Waals surface area contributed by atoms with Gasteiger partial charge in [0.05, 0.1) is 0 Å². The highest BCUT2D eigenvalue weighted by atomic mass is 79.9. The van der Waals surface area contributed by atoms with E-state index in [1.807, 2.05) is 29.2 Å². The predicted molar refractivity (Wildman–Crippen MR) is 99.8 cm³/mol. The van der Waals surface area contributed by atoms with Gasteiger partial charge < -0.3 is 9.42 Å². The van der Waals surface area contributed by atoms with Crippen molar-refractivity contribution in [2.45, 2.75) is 52.5 Å². The van der Waals surface area contributed by atoms with Crippen molar-refractivity contribution in [3.63, 3.8) is 0 Å². The van der Waals surface area contributed by atoms with Gasteiger partial charge in [0.1, 0.15) is 6.04 Å². The zero-order valence-electron chi connectivity index (χ0n) is 15.0. The van der Waals surface area contributed by atoms with Crippen LogP contribution in [-0.4, -0.2) is 27.5 Å². The first kappa shape index (κ1) is 18.1. The van der Waals surface area contributed by atoms with Crippen LogP contribution in [0.1, 0.15) is 58.4 Å². The zero-order valence-corrected chi connectivity index (χ0v) is 16.5. The van der Waals surface area contributed by atoms with E-state index in [9.17, 15) is 4.79 Å². The van der Waals surface area contributed by atoms with Crippen LogP contribution in [0.3, 0.4) is 0 Å². The molecule has 0 unspecified atom stereocenters. The van der Waals surface area contributed by atoms with Crippen molar-refractivity contribution in [2.75, 3.05) is 6.54 Å². The van der Waals surface area contributed by atoms with E-state index in [0.717, 1.165) is 35.8 Å². The van der Waals surface area contributed by atoms with Gasteiger partial charge >= 0.3 is 0 Å². The van der Waals surface area contributed by atoms with Gasteiger partial charge in [-0.15, -0.1) is 0 Å². The fourth-order valence-corrected chi connectivity index (χ4v) is 3.39. The molecular formula is C19H24BrN3O2. The second-order valence-corrected chi connectivity index (χ2v) is 8.71. The van der Waals surface area contributed by atoms with Crippen molar-refractivity contribution in [1.29, 1.82) is 0 Å². The average molecular weight is 406 g/mol. The summed E-state index contributed by atoms with van der Waals surface area (Å²) < 4.78 is 6.54. The number of hydrogen-bond donors (Lipinski definition) is 0. The third-order valence-corrected chi connectivity index (χ3v) is 4.86. The summed E-state index contributed by atoms with van der Waals surface area (Å²) in [5.74, 6) is 1.27. The first-order valence-corrected chi connectivity index (χ1v) is 9.52. The van der Waals surface area contributed by atoms with Gasteiger partial charge in [-0.1, -0.05) is 41.9 Å². The van der Waals surface area contributed by atoms with Crippen molar-refractivity contribution in [2.24, 2.45) is 5.41 Å². The standard InChI is InChI=1S/C19H24BrN3O2/c1-19(2,3)12-16(24)23-11-5-4-6-15(23)18-21-17(22-25-18)13-7-9-14(20)10-8-13/h7-10,15H,4-6,11-12H2,1-3H3/t15-/m0/s1. The van der Waals surface area contributed by atoms with Gasteiger partial charge in [0.15, 0.2) is 0 Å². The summed E-state index contributed by atoms with van der Waals surface area (Å²) >= 11 is 3.42. The Labute approximate surface area is 156 Å². The van der Waals surface area contributed by atoms with Crippen molar-refractivity contribution >= 4 is 21.8 Å². The number of likely N-dealkylation sites (tertiary alicyclic amines) is 1. The van der Waals surface area contributed by atoms with Crippen LogP contribution in [-0.2, 0) is 4.79 Å². The maximum atomic E-state index is 12.7. The molecule has 1 atom stereocenters. The largest absolute Gasteiger partial charge is 0.337 e. The molecule has 3 rings (SSSR count). The summed E-state index contributed by atoms with van der Waals surface area (Å²) in [5, 5.41) is 4.12. The topological polar surface area (TPSA) is 59.2 Å². The monoisotopic (exact) mass is 405 g/mol. The summed E-state index contributed by atoms with van der Waals surface area (Å²) in [6.45, 7) is 7.02. The Kier molecular flexibility index (Phi) is 5.27. The molecule has 1 aliphatic rings. The third-order valence-electron chi connectivity index (χ3n) is 4.33. The number of carbonyl (C=O) groups is 1.